The number of benzene rings is 1. The zero-order chi connectivity index (χ0) is 13.7. The number of methoxy groups -OCH3 is 1. The molecule has 2 rings (SSSR count). The zero-order valence-electron chi connectivity index (χ0n) is 10.6. The van der Waals surface area contributed by atoms with Gasteiger partial charge >= 0.3 is 0 Å². The van der Waals surface area contributed by atoms with Crippen molar-refractivity contribution in [3.63, 3.8) is 0 Å². The molecule has 5 nitrogen and oxygen atoms in total. The van der Waals surface area contributed by atoms with E-state index in [-0.39, 0.29) is 12.6 Å². The van der Waals surface area contributed by atoms with Gasteiger partial charge in [-0.15, -0.1) is 10.2 Å². The second-order valence-electron chi connectivity index (χ2n) is 4.19. The molecule has 0 saturated heterocycles. The Bertz CT molecular complexity index is 544. The first-order chi connectivity index (χ1) is 9.26. The highest BCUT2D eigenvalue weighted by Gasteiger charge is 2.12. The number of nitrogens with one attached hydrogen (secondary N) is 1. The van der Waals surface area contributed by atoms with E-state index in [4.69, 9.17) is 21.4 Å². The lowest BCUT2D eigenvalue weighted by atomic mass is 10.1. The van der Waals surface area contributed by atoms with Crippen molar-refractivity contribution in [1.29, 1.82) is 0 Å². The first kappa shape index (κ1) is 14.0. The van der Waals surface area contributed by atoms with Crippen LogP contribution in [0.25, 0.3) is 10.8 Å². The van der Waals surface area contributed by atoms with Crippen molar-refractivity contribution >= 4 is 28.2 Å². The molecule has 0 aliphatic rings. The van der Waals surface area contributed by atoms with Crippen LogP contribution in [0.3, 0.4) is 0 Å². The number of aliphatic hydroxyl groups is 1. The van der Waals surface area contributed by atoms with E-state index in [1.54, 1.807) is 7.11 Å². The van der Waals surface area contributed by atoms with Crippen LogP contribution in [0.4, 0.5) is 5.82 Å². The van der Waals surface area contributed by atoms with Crippen LogP contribution >= 0.6 is 11.6 Å². The van der Waals surface area contributed by atoms with Crippen molar-refractivity contribution in [3.05, 3.63) is 29.4 Å². The van der Waals surface area contributed by atoms with Gasteiger partial charge in [-0.2, -0.15) is 0 Å². The Morgan fingerprint density at radius 2 is 2.05 bits per heavy atom. The van der Waals surface area contributed by atoms with Crippen molar-refractivity contribution in [2.75, 3.05) is 25.6 Å². The summed E-state index contributed by atoms with van der Waals surface area (Å²) in [5.74, 6) is 0.649. The second-order valence-corrected chi connectivity index (χ2v) is 4.55. The number of aromatic nitrogens is 2. The van der Waals surface area contributed by atoms with Gasteiger partial charge in [0.15, 0.2) is 11.0 Å². The number of hydrogen-bond acceptors (Lipinski definition) is 5. The van der Waals surface area contributed by atoms with Gasteiger partial charge in [0.2, 0.25) is 0 Å². The maximum atomic E-state index is 9.05. The van der Waals surface area contributed by atoms with Crippen LogP contribution in [0.15, 0.2) is 24.3 Å². The SMILES string of the molecule is COCC(CCO)Nc1nnc(Cl)c2ccccc12. The van der Waals surface area contributed by atoms with Crippen LogP contribution in [0.1, 0.15) is 6.42 Å². The number of hydrogen-bond donors (Lipinski definition) is 2. The predicted molar refractivity (Wildman–Crippen MR) is 75.5 cm³/mol. The van der Waals surface area contributed by atoms with Gasteiger partial charge in [-0.3, -0.25) is 0 Å². The summed E-state index contributed by atoms with van der Waals surface area (Å²) in [6.07, 6.45) is 0.576. The molecule has 0 radical (unpaired) electrons. The van der Waals surface area contributed by atoms with Crippen LogP contribution in [-0.4, -0.2) is 41.7 Å². The van der Waals surface area contributed by atoms with Gasteiger partial charge in [0.1, 0.15) is 0 Å². The fraction of sp³-hybridized carbons (Fsp3) is 0.385. The molecule has 0 aliphatic heterocycles. The minimum absolute atomic E-state index is 0.0196. The van der Waals surface area contributed by atoms with Gasteiger partial charge in [-0.1, -0.05) is 35.9 Å². The molecule has 1 unspecified atom stereocenters. The van der Waals surface area contributed by atoms with Crippen molar-refractivity contribution < 1.29 is 9.84 Å². The van der Waals surface area contributed by atoms with Crippen molar-refractivity contribution in [3.8, 4) is 0 Å². The van der Waals surface area contributed by atoms with Crippen molar-refractivity contribution in [2.45, 2.75) is 12.5 Å². The smallest absolute Gasteiger partial charge is 0.159 e. The maximum Gasteiger partial charge on any atom is 0.159 e. The van der Waals surface area contributed by atoms with Crippen molar-refractivity contribution in [1.82, 2.24) is 10.2 Å². The molecule has 0 aliphatic carbocycles. The Hall–Kier alpha value is -1.43. The molecule has 1 atom stereocenters. The predicted octanol–water partition coefficient (Wildman–Crippen LogP) is 2.09. The third kappa shape index (κ3) is 3.32. The van der Waals surface area contributed by atoms with Gasteiger partial charge in [0.25, 0.3) is 0 Å². The number of aliphatic hydroxyl groups excluding tert-OH is 1. The summed E-state index contributed by atoms with van der Waals surface area (Å²) in [6, 6.07) is 7.63. The van der Waals surface area contributed by atoms with E-state index in [9.17, 15) is 0 Å². The van der Waals surface area contributed by atoms with Crippen LogP contribution < -0.4 is 5.32 Å². The van der Waals surface area contributed by atoms with Gasteiger partial charge < -0.3 is 15.2 Å². The molecule has 0 fully saturated rings. The second kappa shape index (κ2) is 6.65. The van der Waals surface area contributed by atoms with E-state index >= 15 is 0 Å². The maximum absolute atomic E-state index is 9.05. The summed E-state index contributed by atoms with van der Waals surface area (Å²) in [6.45, 7) is 0.569. The minimum Gasteiger partial charge on any atom is -0.396 e. The molecule has 1 aromatic carbocycles. The van der Waals surface area contributed by atoms with Crippen LogP contribution in [0.5, 0.6) is 0 Å². The van der Waals surface area contributed by atoms with Crippen LogP contribution in [0, 0.1) is 0 Å². The van der Waals surface area contributed by atoms with E-state index in [0.717, 1.165) is 10.8 Å². The molecule has 0 bridgehead atoms. The van der Waals surface area contributed by atoms with E-state index < -0.39 is 0 Å². The van der Waals surface area contributed by atoms with Crippen LogP contribution in [-0.2, 0) is 4.74 Å². The summed E-state index contributed by atoms with van der Waals surface area (Å²) in [4.78, 5) is 0. The van der Waals surface area contributed by atoms with Gasteiger partial charge in [0.05, 0.1) is 12.6 Å². The zero-order valence-corrected chi connectivity index (χ0v) is 11.4. The van der Waals surface area contributed by atoms with Crippen LogP contribution in [0.2, 0.25) is 5.15 Å². The molecule has 6 heteroatoms. The number of anilines is 1. The Kier molecular flexibility index (Phi) is 4.90. The first-order valence-electron chi connectivity index (χ1n) is 6.03. The average Bonchev–Trinajstić information content (AvgIpc) is 2.43. The average molecular weight is 282 g/mol. The fourth-order valence-corrected chi connectivity index (χ4v) is 2.13. The Balaban J connectivity index is 2.31. The lowest BCUT2D eigenvalue weighted by Gasteiger charge is -2.18. The summed E-state index contributed by atoms with van der Waals surface area (Å²) >= 11 is 6.02. The molecule has 0 spiro atoms. The number of fused-ring (bicyclic) bond motifs is 1. The summed E-state index contributed by atoms with van der Waals surface area (Å²) in [5.41, 5.74) is 0. The molecule has 1 heterocycles. The Morgan fingerprint density at radius 3 is 2.74 bits per heavy atom. The largest absolute Gasteiger partial charge is 0.396 e. The highest BCUT2D eigenvalue weighted by molar-refractivity contribution is 6.34. The highest BCUT2D eigenvalue weighted by atomic mass is 35.5. The number of ether oxygens (including phenoxy) is 1. The summed E-state index contributed by atoms with van der Waals surface area (Å²) < 4.78 is 5.12. The summed E-state index contributed by atoms with van der Waals surface area (Å²) in [5, 5.41) is 22.4. The minimum atomic E-state index is -0.0196. The summed E-state index contributed by atoms with van der Waals surface area (Å²) in [7, 11) is 1.62. The third-order valence-electron chi connectivity index (χ3n) is 2.83. The van der Waals surface area contributed by atoms with Crippen molar-refractivity contribution in [2.24, 2.45) is 0 Å². The number of nitrogens with zero attached hydrogens (tertiary/aromatic N) is 2. The molecule has 2 aromatic rings. The van der Waals surface area contributed by atoms with Gasteiger partial charge in [0, 0.05) is 24.5 Å². The van der Waals surface area contributed by atoms with E-state index in [1.807, 2.05) is 24.3 Å². The van der Waals surface area contributed by atoms with E-state index in [1.165, 1.54) is 0 Å². The topological polar surface area (TPSA) is 67.3 Å². The molecule has 0 amide bonds. The fourth-order valence-electron chi connectivity index (χ4n) is 1.93. The quantitative estimate of drug-likeness (QED) is 0.849. The van der Waals surface area contributed by atoms with Gasteiger partial charge in [-0.05, 0) is 6.42 Å². The molecule has 2 N–H and O–H groups in total. The molecule has 19 heavy (non-hydrogen) atoms. The lowest BCUT2D eigenvalue weighted by molar-refractivity contribution is 0.170. The number of rotatable bonds is 6. The third-order valence-corrected chi connectivity index (χ3v) is 3.11. The standard InChI is InChI=1S/C13H16ClN3O2/c1-19-8-9(6-7-18)15-13-11-5-3-2-4-10(11)12(14)16-17-13/h2-5,9,18H,6-8H2,1H3,(H,15,17). The molecule has 0 saturated carbocycles. The normalized spacial score (nSPS) is 12.6. The molecular formula is C13H16ClN3O2. The Labute approximate surface area is 116 Å². The molecule has 102 valence electrons. The molecule has 1 aromatic heterocycles. The van der Waals surface area contributed by atoms with E-state index in [2.05, 4.69) is 15.5 Å². The van der Waals surface area contributed by atoms with Gasteiger partial charge in [-0.25, -0.2) is 0 Å². The lowest BCUT2D eigenvalue weighted by Crippen LogP contribution is -2.26. The Morgan fingerprint density at radius 1 is 1.32 bits per heavy atom. The number of halogens is 1. The highest BCUT2D eigenvalue weighted by Crippen LogP contribution is 2.26. The molecular weight excluding hydrogens is 266 g/mol. The van der Waals surface area contributed by atoms with E-state index in [0.29, 0.717) is 24.0 Å². The monoisotopic (exact) mass is 281 g/mol. The first-order valence-corrected chi connectivity index (χ1v) is 6.41.